The van der Waals surface area contributed by atoms with E-state index in [1.807, 2.05) is 0 Å². The zero-order valence-electron chi connectivity index (χ0n) is 12.0. The van der Waals surface area contributed by atoms with Gasteiger partial charge in [-0.15, -0.1) is 0 Å². The van der Waals surface area contributed by atoms with Crippen LogP contribution in [0.25, 0.3) is 0 Å². The van der Waals surface area contributed by atoms with Gasteiger partial charge < -0.3 is 5.32 Å². The first kappa shape index (κ1) is 13.7. The van der Waals surface area contributed by atoms with Gasteiger partial charge in [0.1, 0.15) is 0 Å². The van der Waals surface area contributed by atoms with Gasteiger partial charge in [0.25, 0.3) is 0 Å². The molecular weight excluding hydrogens is 310 g/mol. The molecule has 20 heavy (non-hydrogen) atoms. The van der Waals surface area contributed by atoms with Crippen LogP contribution < -0.4 is 5.32 Å². The Morgan fingerprint density at radius 1 is 1.05 bits per heavy atom. The molecular formula is C18H20BrN. The van der Waals surface area contributed by atoms with Gasteiger partial charge in [0.15, 0.2) is 0 Å². The summed E-state index contributed by atoms with van der Waals surface area (Å²) in [5.41, 5.74) is 5.21. The Labute approximate surface area is 129 Å². The third-order valence-corrected chi connectivity index (χ3v) is 4.90. The van der Waals surface area contributed by atoms with Crippen LogP contribution in [0.3, 0.4) is 0 Å². The summed E-state index contributed by atoms with van der Waals surface area (Å²) < 4.78 is 1.17. The summed E-state index contributed by atoms with van der Waals surface area (Å²) in [4.78, 5) is 0. The lowest BCUT2D eigenvalue weighted by Crippen LogP contribution is -2.13. The van der Waals surface area contributed by atoms with Crippen molar-refractivity contribution in [3.05, 3.63) is 63.6 Å². The molecule has 0 heterocycles. The second kappa shape index (κ2) is 5.61. The predicted octanol–water partition coefficient (Wildman–Crippen LogP) is 5.63. The maximum atomic E-state index is 3.72. The van der Waals surface area contributed by atoms with Crippen molar-refractivity contribution in [1.29, 1.82) is 0 Å². The van der Waals surface area contributed by atoms with Gasteiger partial charge in [-0.25, -0.2) is 0 Å². The first-order valence-corrected chi connectivity index (χ1v) is 8.02. The fourth-order valence-corrected chi connectivity index (χ4v) is 2.84. The van der Waals surface area contributed by atoms with Gasteiger partial charge in [-0.1, -0.05) is 45.8 Å². The molecule has 0 amide bonds. The predicted molar refractivity (Wildman–Crippen MR) is 89.1 cm³/mol. The van der Waals surface area contributed by atoms with Crippen LogP contribution in [-0.4, -0.2) is 0 Å². The summed E-state index contributed by atoms with van der Waals surface area (Å²) >= 11 is 3.56. The summed E-state index contributed by atoms with van der Waals surface area (Å²) in [5, 5.41) is 3.72. The Balaban J connectivity index is 1.84. The highest BCUT2D eigenvalue weighted by Gasteiger charge is 2.32. The van der Waals surface area contributed by atoms with E-state index in [1.54, 1.807) is 0 Å². The van der Waals surface area contributed by atoms with Crippen LogP contribution in [0.15, 0.2) is 46.9 Å². The lowest BCUT2D eigenvalue weighted by molar-refractivity contribution is 0.679. The van der Waals surface area contributed by atoms with E-state index < -0.39 is 0 Å². The Kier molecular flexibility index (Phi) is 3.84. The molecule has 1 nitrogen and oxygen atoms in total. The molecule has 1 fully saturated rings. The standard InChI is InChI=1S/C18H20BrN/c1-12-3-5-14(6-4-12)18(15-7-8-15)20-16-9-10-17(19)13(2)11-16/h3-6,9-11,15,18,20H,7-8H2,1-2H3. The Morgan fingerprint density at radius 2 is 1.75 bits per heavy atom. The summed E-state index contributed by atoms with van der Waals surface area (Å²) in [6, 6.07) is 15.9. The number of hydrogen-bond donors (Lipinski definition) is 1. The Hall–Kier alpha value is -1.28. The number of anilines is 1. The van der Waals surface area contributed by atoms with Crippen LogP contribution in [-0.2, 0) is 0 Å². The van der Waals surface area contributed by atoms with E-state index in [9.17, 15) is 0 Å². The molecule has 0 spiro atoms. The lowest BCUT2D eigenvalue weighted by atomic mass is 10.0. The zero-order chi connectivity index (χ0) is 14.1. The highest BCUT2D eigenvalue weighted by Crippen LogP contribution is 2.43. The van der Waals surface area contributed by atoms with Crippen molar-refractivity contribution in [1.82, 2.24) is 0 Å². The molecule has 2 aromatic carbocycles. The van der Waals surface area contributed by atoms with Gasteiger partial charge in [-0.2, -0.15) is 0 Å². The summed E-state index contributed by atoms with van der Waals surface area (Å²) in [6.07, 6.45) is 2.67. The molecule has 2 heteroatoms. The van der Waals surface area contributed by atoms with Crippen LogP contribution in [0.5, 0.6) is 0 Å². The molecule has 104 valence electrons. The van der Waals surface area contributed by atoms with Crippen LogP contribution in [0, 0.1) is 19.8 Å². The van der Waals surface area contributed by atoms with Crippen molar-refractivity contribution in [2.75, 3.05) is 5.32 Å². The molecule has 2 aromatic rings. The highest BCUT2D eigenvalue weighted by molar-refractivity contribution is 9.10. The van der Waals surface area contributed by atoms with E-state index in [0.29, 0.717) is 6.04 Å². The van der Waals surface area contributed by atoms with Gasteiger partial charge in [0.05, 0.1) is 6.04 Å². The summed E-state index contributed by atoms with van der Waals surface area (Å²) in [5.74, 6) is 0.779. The normalized spacial score (nSPS) is 15.9. The molecule has 3 rings (SSSR count). The van der Waals surface area contributed by atoms with Crippen LogP contribution in [0.2, 0.25) is 0 Å². The minimum atomic E-state index is 0.441. The smallest absolute Gasteiger partial charge is 0.0542 e. The second-order valence-corrected chi connectivity index (χ2v) is 6.69. The maximum absolute atomic E-state index is 3.72. The Morgan fingerprint density at radius 3 is 2.35 bits per heavy atom. The van der Waals surface area contributed by atoms with Gasteiger partial charge in [0.2, 0.25) is 0 Å². The van der Waals surface area contributed by atoms with Gasteiger partial charge in [0, 0.05) is 10.2 Å². The molecule has 1 aliphatic carbocycles. The minimum absolute atomic E-state index is 0.441. The van der Waals surface area contributed by atoms with Crippen molar-refractivity contribution < 1.29 is 0 Å². The van der Waals surface area contributed by atoms with Gasteiger partial charge in [-0.05, 0) is 61.9 Å². The van der Waals surface area contributed by atoms with Crippen LogP contribution in [0.4, 0.5) is 5.69 Å². The number of rotatable bonds is 4. The largest absolute Gasteiger partial charge is 0.378 e. The van der Waals surface area contributed by atoms with Gasteiger partial charge in [-0.3, -0.25) is 0 Å². The number of benzene rings is 2. The number of aryl methyl sites for hydroxylation is 2. The van der Waals surface area contributed by atoms with E-state index >= 15 is 0 Å². The second-order valence-electron chi connectivity index (χ2n) is 5.83. The third-order valence-electron chi connectivity index (χ3n) is 4.01. The molecule has 0 saturated heterocycles. The van der Waals surface area contributed by atoms with E-state index in [4.69, 9.17) is 0 Å². The van der Waals surface area contributed by atoms with E-state index in [1.165, 1.54) is 39.7 Å². The van der Waals surface area contributed by atoms with Crippen molar-refractivity contribution in [2.45, 2.75) is 32.7 Å². The molecule has 1 atom stereocenters. The van der Waals surface area contributed by atoms with Crippen molar-refractivity contribution in [2.24, 2.45) is 5.92 Å². The first-order valence-electron chi connectivity index (χ1n) is 7.23. The summed E-state index contributed by atoms with van der Waals surface area (Å²) in [7, 11) is 0. The lowest BCUT2D eigenvalue weighted by Gasteiger charge is -2.21. The molecule has 0 aromatic heterocycles. The zero-order valence-corrected chi connectivity index (χ0v) is 13.6. The molecule has 0 bridgehead atoms. The average Bonchev–Trinajstić information content (AvgIpc) is 3.26. The van der Waals surface area contributed by atoms with Gasteiger partial charge >= 0.3 is 0 Å². The third kappa shape index (κ3) is 3.06. The number of hydrogen-bond acceptors (Lipinski definition) is 1. The first-order chi connectivity index (χ1) is 9.63. The molecule has 0 radical (unpaired) electrons. The maximum Gasteiger partial charge on any atom is 0.0542 e. The highest BCUT2D eigenvalue weighted by atomic mass is 79.9. The van der Waals surface area contributed by atoms with Crippen molar-refractivity contribution >= 4 is 21.6 Å². The molecule has 1 unspecified atom stereocenters. The van der Waals surface area contributed by atoms with E-state index in [-0.39, 0.29) is 0 Å². The average molecular weight is 330 g/mol. The molecule has 0 aliphatic heterocycles. The molecule has 1 N–H and O–H groups in total. The SMILES string of the molecule is Cc1ccc(C(Nc2ccc(Br)c(C)c2)C2CC2)cc1. The van der Waals surface area contributed by atoms with E-state index in [2.05, 4.69) is 77.6 Å². The van der Waals surface area contributed by atoms with Crippen LogP contribution in [0.1, 0.15) is 35.6 Å². The minimum Gasteiger partial charge on any atom is -0.378 e. The number of nitrogens with one attached hydrogen (secondary N) is 1. The molecule has 1 aliphatic rings. The van der Waals surface area contributed by atoms with Crippen molar-refractivity contribution in [3.8, 4) is 0 Å². The van der Waals surface area contributed by atoms with E-state index in [0.717, 1.165) is 5.92 Å². The monoisotopic (exact) mass is 329 g/mol. The topological polar surface area (TPSA) is 12.0 Å². The Bertz CT molecular complexity index is 599. The molecule has 1 saturated carbocycles. The quantitative estimate of drug-likeness (QED) is 0.766. The van der Waals surface area contributed by atoms with Crippen molar-refractivity contribution in [3.63, 3.8) is 0 Å². The fraction of sp³-hybridized carbons (Fsp3) is 0.333. The number of halogens is 1. The fourth-order valence-electron chi connectivity index (χ4n) is 2.59. The summed E-state index contributed by atoms with van der Waals surface area (Å²) in [6.45, 7) is 4.27. The van der Waals surface area contributed by atoms with Crippen LogP contribution >= 0.6 is 15.9 Å².